The largest absolute Gasteiger partial charge is 0.396 e. The second-order valence-corrected chi connectivity index (χ2v) is 3.26. The van der Waals surface area contributed by atoms with E-state index in [4.69, 9.17) is 9.84 Å². The molecule has 0 aliphatic carbocycles. The van der Waals surface area contributed by atoms with Gasteiger partial charge < -0.3 is 14.9 Å². The molecule has 0 saturated heterocycles. The predicted molar refractivity (Wildman–Crippen MR) is 53.5 cm³/mol. The van der Waals surface area contributed by atoms with Crippen LogP contribution in [0.2, 0.25) is 0 Å². The van der Waals surface area contributed by atoms with Crippen molar-refractivity contribution < 1.29 is 19.3 Å². The molecule has 0 spiro atoms. The van der Waals surface area contributed by atoms with Crippen molar-refractivity contribution in [1.29, 1.82) is 0 Å². The first kappa shape index (κ1) is 12.1. The normalized spacial score (nSPS) is 12.7. The summed E-state index contributed by atoms with van der Waals surface area (Å²) in [5.41, 5.74) is 0.805. The smallest absolute Gasteiger partial charge is 0.155 e. The number of ether oxygens (including phenoxy) is 1. The van der Waals surface area contributed by atoms with Crippen LogP contribution in [0.15, 0.2) is 24.3 Å². The Kier molecular flexibility index (Phi) is 5.25. The molecule has 0 amide bonds. The van der Waals surface area contributed by atoms with Crippen LogP contribution in [0.3, 0.4) is 0 Å². The van der Waals surface area contributed by atoms with E-state index in [0.717, 1.165) is 5.56 Å². The molecule has 84 valence electrons. The lowest BCUT2D eigenvalue weighted by Gasteiger charge is -2.11. The summed E-state index contributed by atoms with van der Waals surface area (Å²) < 4.78 is 17.6. The van der Waals surface area contributed by atoms with Crippen LogP contribution in [0.4, 0.5) is 4.39 Å². The first-order valence-corrected chi connectivity index (χ1v) is 4.87. The van der Waals surface area contributed by atoms with Crippen molar-refractivity contribution in [2.45, 2.75) is 25.7 Å². The Morgan fingerprint density at radius 1 is 1.27 bits per heavy atom. The number of rotatable bonds is 6. The fraction of sp³-hybridized carbons (Fsp3) is 0.455. The van der Waals surface area contributed by atoms with E-state index in [1.54, 1.807) is 12.1 Å². The Hall–Kier alpha value is -0.970. The van der Waals surface area contributed by atoms with E-state index in [-0.39, 0.29) is 19.0 Å². The molecule has 0 bridgehead atoms. The molecule has 1 aromatic rings. The second kappa shape index (κ2) is 6.50. The molecule has 3 nitrogen and oxygen atoms in total. The molecule has 0 fully saturated rings. The molecule has 1 aromatic carbocycles. The van der Waals surface area contributed by atoms with Gasteiger partial charge in [-0.05, 0) is 24.1 Å². The van der Waals surface area contributed by atoms with Gasteiger partial charge in [-0.15, -0.1) is 0 Å². The van der Waals surface area contributed by atoms with Gasteiger partial charge in [0.15, 0.2) is 6.29 Å². The van der Waals surface area contributed by atoms with E-state index in [1.165, 1.54) is 12.1 Å². The van der Waals surface area contributed by atoms with Crippen LogP contribution in [-0.2, 0) is 11.3 Å². The Labute approximate surface area is 88.1 Å². The third-order valence-corrected chi connectivity index (χ3v) is 1.96. The number of aliphatic hydroxyl groups excluding tert-OH is 2. The quantitative estimate of drug-likeness (QED) is 0.704. The number of hydrogen-bond acceptors (Lipinski definition) is 3. The minimum Gasteiger partial charge on any atom is -0.396 e. The van der Waals surface area contributed by atoms with Crippen LogP contribution in [0.25, 0.3) is 0 Å². The highest BCUT2D eigenvalue weighted by molar-refractivity contribution is 5.14. The van der Waals surface area contributed by atoms with E-state index in [2.05, 4.69) is 0 Å². The van der Waals surface area contributed by atoms with Gasteiger partial charge in [0.1, 0.15) is 5.82 Å². The Balaban J connectivity index is 2.27. The third-order valence-electron chi connectivity index (χ3n) is 1.96. The van der Waals surface area contributed by atoms with Crippen LogP contribution < -0.4 is 0 Å². The highest BCUT2D eigenvalue weighted by Crippen LogP contribution is 2.07. The van der Waals surface area contributed by atoms with Crippen molar-refractivity contribution in [3.05, 3.63) is 35.6 Å². The van der Waals surface area contributed by atoms with E-state index >= 15 is 0 Å². The van der Waals surface area contributed by atoms with Crippen LogP contribution in [0.1, 0.15) is 18.4 Å². The molecule has 1 rings (SSSR count). The molecule has 0 aromatic heterocycles. The first-order valence-electron chi connectivity index (χ1n) is 4.87. The molecule has 15 heavy (non-hydrogen) atoms. The topological polar surface area (TPSA) is 49.7 Å². The van der Waals surface area contributed by atoms with E-state index in [1.807, 2.05) is 0 Å². The summed E-state index contributed by atoms with van der Waals surface area (Å²) in [5.74, 6) is -0.292. The monoisotopic (exact) mass is 214 g/mol. The Bertz CT molecular complexity index is 274. The van der Waals surface area contributed by atoms with Gasteiger partial charge in [-0.2, -0.15) is 0 Å². The fourth-order valence-electron chi connectivity index (χ4n) is 1.12. The lowest BCUT2D eigenvalue weighted by atomic mass is 10.2. The highest BCUT2D eigenvalue weighted by Gasteiger charge is 2.03. The second-order valence-electron chi connectivity index (χ2n) is 3.26. The van der Waals surface area contributed by atoms with Gasteiger partial charge in [-0.1, -0.05) is 12.1 Å². The van der Waals surface area contributed by atoms with Crippen molar-refractivity contribution in [2.75, 3.05) is 6.61 Å². The summed E-state index contributed by atoms with van der Waals surface area (Å²) in [6.45, 7) is 0.282. The maximum absolute atomic E-state index is 12.5. The van der Waals surface area contributed by atoms with Gasteiger partial charge in [-0.25, -0.2) is 4.39 Å². The average molecular weight is 214 g/mol. The zero-order chi connectivity index (χ0) is 11.1. The zero-order valence-electron chi connectivity index (χ0n) is 8.40. The number of hydrogen-bond donors (Lipinski definition) is 2. The van der Waals surface area contributed by atoms with Gasteiger partial charge in [-0.3, -0.25) is 0 Å². The van der Waals surface area contributed by atoms with E-state index in [9.17, 15) is 9.50 Å². The van der Waals surface area contributed by atoms with Gasteiger partial charge in [0.25, 0.3) is 0 Å². The third kappa shape index (κ3) is 4.88. The van der Waals surface area contributed by atoms with Gasteiger partial charge in [0.2, 0.25) is 0 Å². The summed E-state index contributed by atoms with van der Waals surface area (Å²) in [4.78, 5) is 0. The van der Waals surface area contributed by atoms with Crippen molar-refractivity contribution in [3.63, 3.8) is 0 Å². The molecular weight excluding hydrogens is 199 g/mol. The molecule has 4 heteroatoms. The van der Waals surface area contributed by atoms with Crippen molar-refractivity contribution in [1.82, 2.24) is 0 Å². The average Bonchev–Trinajstić information content (AvgIpc) is 2.25. The maximum atomic E-state index is 12.5. The molecule has 0 aliphatic heterocycles. The Morgan fingerprint density at radius 3 is 2.53 bits per heavy atom. The number of benzene rings is 1. The molecule has 1 unspecified atom stereocenters. The molecule has 0 radical (unpaired) electrons. The van der Waals surface area contributed by atoms with Gasteiger partial charge in [0, 0.05) is 13.0 Å². The number of halogens is 1. The van der Waals surface area contributed by atoms with E-state index in [0.29, 0.717) is 12.8 Å². The lowest BCUT2D eigenvalue weighted by Crippen LogP contribution is -2.12. The molecular formula is C11H15FO3. The van der Waals surface area contributed by atoms with Crippen molar-refractivity contribution >= 4 is 0 Å². The molecule has 0 heterocycles. The first-order chi connectivity index (χ1) is 7.22. The highest BCUT2D eigenvalue weighted by atomic mass is 19.1. The molecule has 2 N–H and O–H groups in total. The van der Waals surface area contributed by atoms with Crippen LogP contribution in [0, 0.1) is 5.82 Å². The summed E-state index contributed by atoms with van der Waals surface area (Å²) in [6.07, 6.45) is 0.0321. The van der Waals surface area contributed by atoms with Crippen LogP contribution in [0.5, 0.6) is 0 Å². The summed E-state index contributed by atoms with van der Waals surface area (Å²) in [5, 5.41) is 17.8. The zero-order valence-corrected chi connectivity index (χ0v) is 8.40. The molecule has 0 saturated carbocycles. The minimum absolute atomic E-state index is 0.0387. The van der Waals surface area contributed by atoms with Crippen molar-refractivity contribution in [2.24, 2.45) is 0 Å². The standard InChI is InChI=1S/C11H15FO3/c12-10-5-3-9(4-6-10)8-15-11(14)2-1-7-13/h3-6,11,13-14H,1-2,7-8H2. The van der Waals surface area contributed by atoms with Gasteiger partial charge >= 0.3 is 0 Å². The lowest BCUT2D eigenvalue weighted by molar-refractivity contribution is -0.113. The van der Waals surface area contributed by atoms with Gasteiger partial charge in [0.05, 0.1) is 6.61 Å². The van der Waals surface area contributed by atoms with E-state index < -0.39 is 6.29 Å². The molecule has 0 aliphatic rings. The van der Waals surface area contributed by atoms with Crippen LogP contribution >= 0.6 is 0 Å². The maximum Gasteiger partial charge on any atom is 0.155 e. The summed E-state index contributed by atoms with van der Waals surface area (Å²) in [6, 6.07) is 5.90. The fourth-order valence-corrected chi connectivity index (χ4v) is 1.12. The predicted octanol–water partition coefficient (Wildman–Crippen LogP) is 1.43. The Morgan fingerprint density at radius 2 is 1.93 bits per heavy atom. The summed E-state index contributed by atoms with van der Waals surface area (Å²) >= 11 is 0. The van der Waals surface area contributed by atoms with Crippen LogP contribution in [-0.4, -0.2) is 23.1 Å². The summed E-state index contributed by atoms with van der Waals surface area (Å²) in [7, 11) is 0. The SMILES string of the molecule is OCCCC(O)OCc1ccc(F)cc1. The number of aliphatic hydroxyl groups is 2. The van der Waals surface area contributed by atoms with Crippen molar-refractivity contribution in [3.8, 4) is 0 Å². The molecule has 1 atom stereocenters. The minimum atomic E-state index is -0.873.